The van der Waals surface area contributed by atoms with Gasteiger partial charge in [0.1, 0.15) is 0 Å². The summed E-state index contributed by atoms with van der Waals surface area (Å²) in [6.45, 7) is 0. The van der Waals surface area contributed by atoms with E-state index in [9.17, 15) is 16.8 Å². The lowest BCUT2D eigenvalue weighted by Gasteiger charge is -2.11. The first kappa shape index (κ1) is 20.8. The maximum absolute atomic E-state index is 12.5. The monoisotopic (exact) mass is 544 g/mol. The third kappa shape index (κ3) is 5.13. The van der Waals surface area contributed by atoms with E-state index >= 15 is 0 Å². The summed E-state index contributed by atoms with van der Waals surface area (Å²) in [5, 5.41) is 0. The van der Waals surface area contributed by atoms with Crippen LogP contribution < -0.4 is 9.44 Å². The summed E-state index contributed by atoms with van der Waals surface area (Å²) < 4.78 is 56.2. The number of hydrogen-bond acceptors (Lipinski definition) is 4. The lowest BCUT2D eigenvalue weighted by Crippen LogP contribution is -2.14. The number of sulfonamides is 2. The van der Waals surface area contributed by atoms with Gasteiger partial charge in [-0.1, -0.05) is 31.9 Å². The number of anilines is 2. The Hall–Kier alpha value is -1.88. The fourth-order valence-electron chi connectivity index (χ4n) is 2.26. The summed E-state index contributed by atoms with van der Waals surface area (Å²) in [7, 11) is -7.56. The van der Waals surface area contributed by atoms with Crippen LogP contribution >= 0.6 is 31.9 Å². The van der Waals surface area contributed by atoms with E-state index in [1.165, 1.54) is 36.4 Å². The largest absolute Gasteiger partial charge is 0.280 e. The molecule has 2 N–H and O–H groups in total. The predicted octanol–water partition coefficient (Wildman–Crippen LogP) is 4.81. The van der Waals surface area contributed by atoms with Crippen molar-refractivity contribution < 1.29 is 16.8 Å². The van der Waals surface area contributed by atoms with Crippen LogP contribution in [0, 0.1) is 0 Å². The fraction of sp³-hybridized carbons (Fsp3) is 0. The summed E-state index contributed by atoms with van der Waals surface area (Å²) in [6, 6.07) is 18.3. The second kappa shape index (κ2) is 8.24. The molecule has 0 atom stereocenters. The van der Waals surface area contributed by atoms with Crippen LogP contribution in [0.5, 0.6) is 0 Å². The predicted molar refractivity (Wildman–Crippen MR) is 116 cm³/mol. The second-order valence-electron chi connectivity index (χ2n) is 5.70. The van der Waals surface area contributed by atoms with E-state index in [2.05, 4.69) is 41.3 Å². The molecule has 0 aliphatic heterocycles. The number of hydrogen-bond donors (Lipinski definition) is 2. The molecule has 0 amide bonds. The van der Waals surface area contributed by atoms with Crippen LogP contribution in [-0.4, -0.2) is 16.8 Å². The maximum atomic E-state index is 12.5. The summed E-state index contributed by atoms with van der Waals surface area (Å²) in [4.78, 5) is 0.117. The van der Waals surface area contributed by atoms with Gasteiger partial charge in [0.05, 0.1) is 9.79 Å². The standard InChI is InChI=1S/C18H14Br2N2O4S2/c19-13-1-5-15(6-2-13)21-28(25,26)18-11-7-16(8-12-18)22-27(23,24)17-9-3-14(20)4-10-17/h1-12,21-22H. The van der Waals surface area contributed by atoms with E-state index in [0.717, 1.165) is 8.95 Å². The summed E-state index contributed by atoms with van der Waals surface area (Å²) >= 11 is 6.54. The zero-order valence-electron chi connectivity index (χ0n) is 14.1. The van der Waals surface area contributed by atoms with Crippen LogP contribution in [0.1, 0.15) is 0 Å². The van der Waals surface area contributed by atoms with E-state index < -0.39 is 20.0 Å². The Balaban J connectivity index is 1.77. The van der Waals surface area contributed by atoms with Crippen molar-refractivity contribution in [2.75, 3.05) is 9.44 Å². The normalized spacial score (nSPS) is 11.8. The van der Waals surface area contributed by atoms with Crippen LogP contribution in [0.25, 0.3) is 0 Å². The van der Waals surface area contributed by atoms with Gasteiger partial charge in [-0.15, -0.1) is 0 Å². The van der Waals surface area contributed by atoms with Gasteiger partial charge < -0.3 is 0 Å². The van der Waals surface area contributed by atoms with Crippen molar-refractivity contribution >= 4 is 63.3 Å². The zero-order valence-corrected chi connectivity index (χ0v) is 18.9. The fourth-order valence-corrected chi connectivity index (χ4v) is 4.91. The second-order valence-corrected chi connectivity index (χ2v) is 10.9. The third-order valence-electron chi connectivity index (χ3n) is 3.64. The van der Waals surface area contributed by atoms with Gasteiger partial charge >= 0.3 is 0 Å². The molecule has 28 heavy (non-hydrogen) atoms. The number of rotatable bonds is 6. The van der Waals surface area contributed by atoms with E-state index in [0.29, 0.717) is 5.69 Å². The zero-order chi connectivity index (χ0) is 20.4. The van der Waals surface area contributed by atoms with Crippen molar-refractivity contribution in [3.05, 3.63) is 81.7 Å². The van der Waals surface area contributed by atoms with Crippen molar-refractivity contribution in [3.8, 4) is 0 Å². The van der Waals surface area contributed by atoms with Crippen LogP contribution in [0.3, 0.4) is 0 Å². The van der Waals surface area contributed by atoms with Gasteiger partial charge in [-0.05, 0) is 72.8 Å². The summed E-state index contributed by atoms with van der Waals surface area (Å²) in [5.41, 5.74) is 0.675. The van der Waals surface area contributed by atoms with Gasteiger partial charge in [-0.2, -0.15) is 0 Å². The summed E-state index contributed by atoms with van der Waals surface area (Å²) in [6.07, 6.45) is 0. The molecule has 6 nitrogen and oxygen atoms in total. The van der Waals surface area contributed by atoms with Crippen molar-refractivity contribution in [1.82, 2.24) is 0 Å². The van der Waals surface area contributed by atoms with Gasteiger partial charge in [-0.25, -0.2) is 16.8 Å². The molecule has 10 heteroatoms. The minimum atomic E-state index is -3.79. The highest BCUT2D eigenvalue weighted by molar-refractivity contribution is 9.10. The van der Waals surface area contributed by atoms with Crippen molar-refractivity contribution in [2.45, 2.75) is 9.79 Å². The number of halogens is 2. The Labute approximate surface area is 180 Å². The molecule has 0 bridgehead atoms. The highest BCUT2D eigenvalue weighted by atomic mass is 79.9. The Bertz CT molecular complexity index is 1180. The van der Waals surface area contributed by atoms with Gasteiger partial charge in [0.2, 0.25) is 0 Å². The molecule has 0 aliphatic carbocycles. The molecule has 0 saturated heterocycles. The average molecular weight is 546 g/mol. The molecule has 0 aromatic heterocycles. The molecule has 0 aliphatic rings. The molecule has 0 heterocycles. The molecule has 0 fully saturated rings. The SMILES string of the molecule is O=S(=O)(Nc1ccc(S(=O)(=O)Nc2ccc(Br)cc2)cc1)c1ccc(Br)cc1. The Morgan fingerprint density at radius 2 is 0.786 bits per heavy atom. The minimum absolute atomic E-state index is 0.0157. The number of nitrogens with one attached hydrogen (secondary N) is 2. The van der Waals surface area contributed by atoms with E-state index in [4.69, 9.17) is 0 Å². The quantitative estimate of drug-likeness (QED) is 0.464. The smallest absolute Gasteiger partial charge is 0.261 e. The molecule has 0 spiro atoms. The average Bonchev–Trinajstić information content (AvgIpc) is 2.64. The van der Waals surface area contributed by atoms with Crippen LogP contribution in [0.4, 0.5) is 11.4 Å². The lowest BCUT2D eigenvalue weighted by molar-refractivity contribution is 0.600. The van der Waals surface area contributed by atoms with Gasteiger partial charge in [0.15, 0.2) is 0 Å². The minimum Gasteiger partial charge on any atom is -0.280 e. The van der Waals surface area contributed by atoms with Crippen LogP contribution in [-0.2, 0) is 20.0 Å². The van der Waals surface area contributed by atoms with Crippen LogP contribution in [0.15, 0.2) is 91.5 Å². The molecular weight excluding hydrogens is 532 g/mol. The van der Waals surface area contributed by atoms with E-state index in [-0.39, 0.29) is 15.5 Å². The van der Waals surface area contributed by atoms with Crippen molar-refractivity contribution in [1.29, 1.82) is 0 Å². The molecule has 0 saturated carbocycles. The first-order chi connectivity index (χ1) is 13.2. The summed E-state index contributed by atoms with van der Waals surface area (Å²) in [5.74, 6) is 0. The first-order valence-electron chi connectivity index (χ1n) is 7.83. The van der Waals surface area contributed by atoms with E-state index in [1.807, 2.05) is 0 Å². The molecular formula is C18H14Br2N2O4S2. The van der Waals surface area contributed by atoms with Gasteiger partial charge in [0, 0.05) is 20.3 Å². The van der Waals surface area contributed by atoms with Crippen molar-refractivity contribution in [2.24, 2.45) is 0 Å². The Morgan fingerprint density at radius 3 is 1.18 bits per heavy atom. The van der Waals surface area contributed by atoms with Gasteiger partial charge in [0.25, 0.3) is 20.0 Å². The Morgan fingerprint density at radius 1 is 0.500 bits per heavy atom. The number of benzene rings is 3. The first-order valence-corrected chi connectivity index (χ1v) is 12.4. The molecule has 3 aromatic rings. The van der Waals surface area contributed by atoms with E-state index in [1.54, 1.807) is 36.4 Å². The molecule has 0 radical (unpaired) electrons. The molecule has 146 valence electrons. The lowest BCUT2D eigenvalue weighted by atomic mass is 10.3. The highest BCUT2D eigenvalue weighted by Gasteiger charge is 2.17. The van der Waals surface area contributed by atoms with Gasteiger partial charge in [-0.3, -0.25) is 9.44 Å². The highest BCUT2D eigenvalue weighted by Crippen LogP contribution is 2.22. The van der Waals surface area contributed by atoms with Crippen LogP contribution in [0.2, 0.25) is 0 Å². The third-order valence-corrected chi connectivity index (χ3v) is 7.49. The molecule has 3 rings (SSSR count). The van der Waals surface area contributed by atoms with Crippen molar-refractivity contribution in [3.63, 3.8) is 0 Å². The molecule has 0 unspecified atom stereocenters. The molecule has 3 aromatic carbocycles. The topological polar surface area (TPSA) is 92.3 Å². The maximum Gasteiger partial charge on any atom is 0.261 e. The Kier molecular flexibility index (Phi) is 6.13.